The number of aliphatic hydroxyl groups is 2. The van der Waals surface area contributed by atoms with Gasteiger partial charge in [-0.2, -0.15) is 0 Å². The highest BCUT2D eigenvalue weighted by atomic mass is 16.3. The lowest BCUT2D eigenvalue weighted by Crippen LogP contribution is -2.10. The molecule has 0 fully saturated rings. The van der Waals surface area contributed by atoms with Crippen molar-refractivity contribution < 1.29 is 15.3 Å². The Bertz CT molecular complexity index is 1040. The molecule has 4 aromatic rings. The van der Waals surface area contributed by atoms with Crippen molar-refractivity contribution in [2.45, 2.75) is 13.2 Å². The fourth-order valence-electron chi connectivity index (χ4n) is 3.40. The Kier molecular flexibility index (Phi) is 5.80. The number of rotatable bonds is 6. The first kappa shape index (κ1) is 19.7. The molecule has 0 unspecified atom stereocenters. The van der Waals surface area contributed by atoms with Gasteiger partial charge in [0.25, 0.3) is 0 Å². The zero-order chi connectivity index (χ0) is 20.9. The van der Waals surface area contributed by atoms with Crippen LogP contribution < -0.4 is 4.90 Å². The van der Waals surface area contributed by atoms with Crippen molar-refractivity contribution in [3.63, 3.8) is 0 Å². The van der Waals surface area contributed by atoms with Crippen LogP contribution in [0.4, 0.5) is 17.1 Å². The fraction of sp³-hybridized carbons (Fsp3) is 0.0769. The number of aromatic hydroxyl groups is 1. The van der Waals surface area contributed by atoms with Gasteiger partial charge in [-0.25, -0.2) is 0 Å². The van der Waals surface area contributed by atoms with Crippen molar-refractivity contribution in [1.29, 1.82) is 0 Å². The van der Waals surface area contributed by atoms with Gasteiger partial charge < -0.3 is 20.2 Å². The third kappa shape index (κ3) is 4.20. The molecule has 0 spiro atoms. The summed E-state index contributed by atoms with van der Waals surface area (Å²) >= 11 is 0. The van der Waals surface area contributed by atoms with E-state index in [1.807, 2.05) is 60.7 Å². The molecule has 4 nitrogen and oxygen atoms in total. The summed E-state index contributed by atoms with van der Waals surface area (Å²) in [7, 11) is 0. The third-order valence-electron chi connectivity index (χ3n) is 5.08. The van der Waals surface area contributed by atoms with E-state index in [0.717, 1.165) is 39.3 Å². The van der Waals surface area contributed by atoms with Gasteiger partial charge in [-0.15, -0.1) is 0 Å². The van der Waals surface area contributed by atoms with E-state index in [9.17, 15) is 15.3 Å². The Hall–Kier alpha value is -3.60. The normalized spacial score (nSPS) is 10.7. The number of benzene rings is 4. The smallest absolute Gasteiger partial charge is 0.115 e. The van der Waals surface area contributed by atoms with E-state index in [2.05, 4.69) is 29.2 Å². The van der Waals surface area contributed by atoms with Crippen LogP contribution in [0.1, 0.15) is 11.1 Å². The molecule has 0 aromatic heterocycles. The summed E-state index contributed by atoms with van der Waals surface area (Å²) in [5, 5.41) is 28.2. The molecule has 0 amide bonds. The van der Waals surface area contributed by atoms with E-state index in [-0.39, 0.29) is 19.0 Å². The van der Waals surface area contributed by atoms with Gasteiger partial charge in [0.1, 0.15) is 5.75 Å². The van der Waals surface area contributed by atoms with Crippen molar-refractivity contribution in [1.82, 2.24) is 0 Å². The Labute approximate surface area is 175 Å². The predicted molar refractivity (Wildman–Crippen MR) is 120 cm³/mol. The molecule has 0 atom stereocenters. The highest BCUT2D eigenvalue weighted by Gasteiger charge is 2.13. The van der Waals surface area contributed by atoms with Gasteiger partial charge in [0, 0.05) is 17.1 Å². The molecule has 0 aliphatic heterocycles. The number of nitrogens with zero attached hydrogens (tertiary/aromatic N) is 1. The van der Waals surface area contributed by atoms with Gasteiger partial charge >= 0.3 is 0 Å². The average molecular weight is 397 g/mol. The topological polar surface area (TPSA) is 63.9 Å². The van der Waals surface area contributed by atoms with Crippen LogP contribution in [0.15, 0.2) is 97.1 Å². The second-order valence-corrected chi connectivity index (χ2v) is 7.08. The second kappa shape index (κ2) is 8.82. The largest absolute Gasteiger partial charge is 0.508 e. The minimum absolute atomic E-state index is 0.00675. The van der Waals surface area contributed by atoms with Crippen LogP contribution in [0.5, 0.6) is 5.75 Å². The quantitative estimate of drug-likeness (QED) is 0.401. The molecule has 150 valence electrons. The van der Waals surface area contributed by atoms with Gasteiger partial charge in [0.2, 0.25) is 0 Å². The molecule has 0 bridgehead atoms. The molecule has 3 N–H and O–H groups in total. The number of phenolic OH excluding ortho intramolecular Hbond substituents is 1. The summed E-state index contributed by atoms with van der Waals surface area (Å²) in [6.45, 7) is 0.0135. The van der Waals surface area contributed by atoms with Gasteiger partial charge in [-0.05, 0) is 70.8 Å². The van der Waals surface area contributed by atoms with E-state index in [1.165, 1.54) is 0 Å². The summed E-state index contributed by atoms with van der Waals surface area (Å²) in [4.78, 5) is 2.13. The van der Waals surface area contributed by atoms with Crippen LogP contribution in [-0.2, 0) is 13.2 Å². The average Bonchev–Trinajstić information content (AvgIpc) is 2.81. The van der Waals surface area contributed by atoms with E-state index >= 15 is 0 Å². The molecule has 0 aliphatic rings. The van der Waals surface area contributed by atoms with Crippen molar-refractivity contribution in [3.05, 3.63) is 108 Å². The number of hydrogen-bond donors (Lipinski definition) is 3. The Balaban J connectivity index is 1.73. The molecule has 0 radical (unpaired) electrons. The lowest BCUT2D eigenvalue weighted by molar-refractivity contribution is 0.281. The van der Waals surface area contributed by atoms with Gasteiger partial charge in [-0.3, -0.25) is 0 Å². The number of aliphatic hydroxyl groups excluding tert-OH is 2. The van der Waals surface area contributed by atoms with Gasteiger partial charge in [-0.1, -0.05) is 48.5 Å². The molecule has 4 aromatic carbocycles. The Morgan fingerprint density at radius 2 is 0.800 bits per heavy atom. The van der Waals surface area contributed by atoms with E-state index in [1.54, 1.807) is 12.1 Å². The van der Waals surface area contributed by atoms with Crippen LogP contribution in [0.3, 0.4) is 0 Å². The van der Waals surface area contributed by atoms with E-state index in [4.69, 9.17) is 0 Å². The van der Waals surface area contributed by atoms with Crippen LogP contribution >= 0.6 is 0 Å². The van der Waals surface area contributed by atoms with Crippen molar-refractivity contribution >= 4 is 17.1 Å². The summed E-state index contributed by atoms with van der Waals surface area (Å²) in [5.41, 5.74) is 6.75. The standard InChI is InChI=1S/C26H23NO3/c28-17-19-1-9-23(10-2-19)27(24-11-3-20(18-29)4-12-24)25-13-5-21(6-14-25)22-7-15-26(30)16-8-22/h1-16,28-30H,17-18H2. The molecular weight excluding hydrogens is 374 g/mol. The second-order valence-electron chi connectivity index (χ2n) is 7.08. The van der Waals surface area contributed by atoms with Crippen LogP contribution in [0.25, 0.3) is 11.1 Å². The molecule has 30 heavy (non-hydrogen) atoms. The van der Waals surface area contributed by atoms with Crippen LogP contribution in [0.2, 0.25) is 0 Å². The summed E-state index contributed by atoms with van der Waals surface area (Å²) in [5.74, 6) is 0.249. The maximum Gasteiger partial charge on any atom is 0.115 e. The SMILES string of the molecule is OCc1ccc(N(c2ccc(CO)cc2)c2ccc(-c3ccc(O)cc3)cc2)cc1. The monoisotopic (exact) mass is 397 g/mol. The lowest BCUT2D eigenvalue weighted by atomic mass is 10.0. The van der Waals surface area contributed by atoms with Gasteiger partial charge in [0.15, 0.2) is 0 Å². The molecule has 4 rings (SSSR count). The first-order valence-electron chi connectivity index (χ1n) is 9.77. The number of hydrogen-bond acceptors (Lipinski definition) is 4. The Morgan fingerprint density at radius 1 is 0.467 bits per heavy atom. The molecule has 0 saturated carbocycles. The van der Waals surface area contributed by atoms with Gasteiger partial charge in [0.05, 0.1) is 13.2 Å². The fourth-order valence-corrected chi connectivity index (χ4v) is 3.40. The maximum absolute atomic E-state index is 9.51. The first-order valence-corrected chi connectivity index (χ1v) is 9.77. The molecule has 0 saturated heterocycles. The Morgan fingerprint density at radius 3 is 1.17 bits per heavy atom. The molecule has 4 heteroatoms. The highest BCUT2D eigenvalue weighted by Crippen LogP contribution is 2.36. The number of phenols is 1. The zero-order valence-electron chi connectivity index (χ0n) is 16.4. The number of anilines is 3. The summed E-state index contributed by atoms with van der Waals surface area (Å²) in [6.07, 6.45) is 0. The zero-order valence-corrected chi connectivity index (χ0v) is 16.4. The van der Waals surface area contributed by atoms with Crippen molar-refractivity contribution in [2.75, 3.05) is 4.90 Å². The minimum atomic E-state index is 0.00675. The summed E-state index contributed by atoms with van der Waals surface area (Å²) in [6, 6.07) is 31.0. The lowest BCUT2D eigenvalue weighted by Gasteiger charge is -2.26. The molecule has 0 aliphatic carbocycles. The van der Waals surface area contributed by atoms with Crippen molar-refractivity contribution in [3.8, 4) is 16.9 Å². The maximum atomic E-state index is 9.51. The molecular formula is C26H23NO3. The van der Waals surface area contributed by atoms with E-state index < -0.39 is 0 Å². The van der Waals surface area contributed by atoms with Crippen LogP contribution in [0, 0.1) is 0 Å². The first-order chi connectivity index (χ1) is 14.7. The third-order valence-corrected chi connectivity index (χ3v) is 5.08. The molecule has 0 heterocycles. The highest BCUT2D eigenvalue weighted by molar-refractivity contribution is 5.78. The van der Waals surface area contributed by atoms with Crippen molar-refractivity contribution in [2.24, 2.45) is 0 Å². The minimum Gasteiger partial charge on any atom is -0.508 e. The summed E-state index contributed by atoms with van der Waals surface area (Å²) < 4.78 is 0. The predicted octanol–water partition coefficient (Wildman–Crippen LogP) is 5.51. The van der Waals surface area contributed by atoms with Crippen LogP contribution in [-0.4, -0.2) is 15.3 Å². The van der Waals surface area contributed by atoms with E-state index in [0.29, 0.717) is 0 Å².